The molecule has 0 atom stereocenters. The van der Waals surface area contributed by atoms with Gasteiger partial charge in [0, 0.05) is 35.7 Å². The second-order valence-electron chi connectivity index (χ2n) is 7.25. The average Bonchev–Trinajstić information content (AvgIpc) is 2.69. The number of carbonyl (C=O) groups excluding carboxylic acids is 2. The standard InChI is InChI=1S/C22H23ClFNO3/c23-18-8-6-16(7-9-18)21(27)22(28)10-13-25(14-11-22)12-2-5-20(26)17-3-1-4-19(24)15-17/h1,3-4,6-9,15,28H,2,5,10-14H2. The first-order chi connectivity index (χ1) is 13.4. The quantitative estimate of drug-likeness (QED) is 0.705. The molecule has 1 heterocycles. The topological polar surface area (TPSA) is 57.6 Å². The van der Waals surface area contributed by atoms with Crippen LogP contribution < -0.4 is 0 Å². The number of halogens is 2. The van der Waals surface area contributed by atoms with Gasteiger partial charge in [-0.2, -0.15) is 0 Å². The van der Waals surface area contributed by atoms with E-state index in [1.807, 2.05) is 0 Å². The van der Waals surface area contributed by atoms with Crippen LogP contribution in [0.3, 0.4) is 0 Å². The van der Waals surface area contributed by atoms with Gasteiger partial charge in [0.15, 0.2) is 11.6 Å². The Morgan fingerprint density at radius 1 is 1.07 bits per heavy atom. The van der Waals surface area contributed by atoms with Crippen molar-refractivity contribution in [2.45, 2.75) is 31.3 Å². The smallest absolute Gasteiger partial charge is 0.194 e. The molecule has 1 aliphatic rings. The number of aliphatic hydroxyl groups is 1. The van der Waals surface area contributed by atoms with E-state index in [1.165, 1.54) is 18.2 Å². The molecule has 0 radical (unpaired) electrons. The van der Waals surface area contributed by atoms with Crippen molar-refractivity contribution in [1.82, 2.24) is 4.90 Å². The summed E-state index contributed by atoms with van der Waals surface area (Å²) in [6.07, 6.45) is 1.70. The number of piperidine rings is 1. The highest BCUT2D eigenvalue weighted by atomic mass is 35.5. The molecule has 0 unspecified atom stereocenters. The van der Waals surface area contributed by atoms with Gasteiger partial charge in [-0.15, -0.1) is 0 Å². The zero-order valence-corrected chi connectivity index (χ0v) is 16.3. The fourth-order valence-electron chi connectivity index (χ4n) is 3.51. The maximum absolute atomic E-state index is 13.2. The minimum Gasteiger partial charge on any atom is -0.382 e. The Bertz CT molecular complexity index is 845. The van der Waals surface area contributed by atoms with Crippen LogP contribution in [-0.4, -0.2) is 46.8 Å². The molecule has 1 saturated heterocycles. The second-order valence-corrected chi connectivity index (χ2v) is 7.68. The molecule has 6 heteroatoms. The third-order valence-corrected chi connectivity index (χ3v) is 5.49. The maximum Gasteiger partial charge on any atom is 0.194 e. The van der Waals surface area contributed by atoms with Gasteiger partial charge in [-0.25, -0.2) is 4.39 Å². The lowest BCUT2D eigenvalue weighted by molar-refractivity contribution is -0.00648. The lowest BCUT2D eigenvalue weighted by atomic mass is 9.84. The first-order valence-corrected chi connectivity index (χ1v) is 9.79. The van der Waals surface area contributed by atoms with Gasteiger partial charge in [0.1, 0.15) is 11.4 Å². The fraction of sp³-hybridized carbons (Fsp3) is 0.364. The molecule has 0 aromatic heterocycles. The highest BCUT2D eigenvalue weighted by Crippen LogP contribution is 2.27. The van der Waals surface area contributed by atoms with Crippen LogP contribution in [0.5, 0.6) is 0 Å². The fourth-order valence-corrected chi connectivity index (χ4v) is 3.64. The molecule has 0 bridgehead atoms. The number of hydrogen-bond acceptors (Lipinski definition) is 4. The van der Waals surface area contributed by atoms with E-state index in [0.29, 0.717) is 61.5 Å². The number of carbonyl (C=O) groups is 2. The Balaban J connectivity index is 1.46. The van der Waals surface area contributed by atoms with Crippen molar-refractivity contribution >= 4 is 23.2 Å². The van der Waals surface area contributed by atoms with E-state index in [2.05, 4.69) is 4.90 Å². The number of likely N-dealkylation sites (tertiary alicyclic amines) is 1. The molecule has 0 amide bonds. The number of rotatable bonds is 7. The van der Waals surface area contributed by atoms with Gasteiger partial charge in [0.2, 0.25) is 0 Å². The Labute approximate surface area is 168 Å². The number of benzene rings is 2. The highest BCUT2D eigenvalue weighted by Gasteiger charge is 2.39. The summed E-state index contributed by atoms with van der Waals surface area (Å²) in [5.41, 5.74) is -0.510. The lowest BCUT2D eigenvalue weighted by Gasteiger charge is -2.37. The van der Waals surface area contributed by atoms with Crippen LogP contribution >= 0.6 is 11.6 Å². The molecule has 0 spiro atoms. The number of hydrogen-bond donors (Lipinski definition) is 1. The average molecular weight is 404 g/mol. The van der Waals surface area contributed by atoms with Crippen molar-refractivity contribution in [3.63, 3.8) is 0 Å². The van der Waals surface area contributed by atoms with E-state index in [4.69, 9.17) is 11.6 Å². The van der Waals surface area contributed by atoms with Gasteiger partial charge < -0.3 is 10.0 Å². The molecule has 3 rings (SSSR count). The van der Waals surface area contributed by atoms with Crippen LogP contribution in [0, 0.1) is 5.82 Å². The molecule has 148 valence electrons. The SMILES string of the molecule is O=C(CCCN1CCC(O)(C(=O)c2ccc(Cl)cc2)CC1)c1cccc(F)c1. The van der Waals surface area contributed by atoms with E-state index in [0.717, 1.165) is 0 Å². The molecule has 0 saturated carbocycles. The normalized spacial score (nSPS) is 16.7. The molecular weight excluding hydrogens is 381 g/mol. The number of nitrogens with zero attached hydrogens (tertiary/aromatic N) is 1. The van der Waals surface area contributed by atoms with Crippen molar-refractivity contribution in [3.8, 4) is 0 Å². The largest absolute Gasteiger partial charge is 0.382 e. The molecule has 0 aliphatic carbocycles. The molecule has 1 fully saturated rings. The Morgan fingerprint density at radius 2 is 1.75 bits per heavy atom. The summed E-state index contributed by atoms with van der Waals surface area (Å²) >= 11 is 5.85. The third-order valence-electron chi connectivity index (χ3n) is 5.24. The minimum atomic E-state index is -1.36. The van der Waals surface area contributed by atoms with Gasteiger partial charge in [-0.1, -0.05) is 23.7 Å². The van der Waals surface area contributed by atoms with Crippen molar-refractivity contribution in [2.24, 2.45) is 0 Å². The van der Waals surface area contributed by atoms with E-state index < -0.39 is 11.4 Å². The van der Waals surface area contributed by atoms with E-state index in [-0.39, 0.29) is 11.6 Å². The predicted octanol–water partition coefficient (Wildman–Crippen LogP) is 4.15. The van der Waals surface area contributed by atoms with Crippen LogP contribution in [0.1, 0.15) is 46.4 Å². The maximum atomic E-state index is 13.2. The van der Waals surface area contributed by atoms with Crippen LogP contribution in [0.4, 0.5) is 4.39 Å². The third kappa shape index (κ3) is 5.04. The Hall–Kier alpha value is -2.08. The van der Waals surface area contributed by atoms with E-state index in [1.54, 1.807) is 30.3 Å². The van der Waals surface area contributed by atoms with E-state index >= 15 is 0 Å². The first kappa shape index (κ1) is 20.6. The summed E-state index contributed by atoms with van der Waals surface area (Å²) in [7, 11) is 0. The summed E-state index contributed by atoms with van der Waals surface area (Å²) in [6, 6.07) is 12.3. The van der Waals surface area contributed by atoms with Crippen molar-refractivity contribution in [2.75, 3.05) is 19.6 Å². The van der Waals surface area contributed by atoms with Crippen LogP contribution in [0.15, 0.2) is 48.5 Å². The summed E-state index contributed by atoms with van der Waals surface area (Å²) < 4.78 is 13.2. The molecule has 2 aromatic rings. The number of Topliss-reactive ketones (excluding diaryl/α,β-unsaturated/α-hetero) is 2. The van der Waals surface area contributed by atoms with Crippen molar-refractivity contribution in [1.29, 1.82) is 0 Å². The summed E-state index contributed by atoms with van der Waals surface area (Å²) in [6.45, 7) is 1.88. The van der Waals surface area contributed by atoms with Crippen LogP contribution in [0.2, 0.25) is 5.02 Å². The molecule has 2 aromatic carbocycles. The van der Waals surface area contributed by atoms with Crippen LogP contribution in [-0.2, 0) is 0 Å². The molecule has 28 heavy (non-hydrogen) atoms. The van der Waals surface area contributed by atoms with Gasteiger partial charge in [-0.05, 0) is 62.2 Å². The summed E-state index contributed by atoms with van der Waals surface area (Å²) in [4.78, 5) is 26.9. The number of ketones is 2. The van der Waals surface area contributed by atoms with Crippen molar-refractivity contribution < 1.29 is 19.1 Å². The lowest BCUT2D eigenvalue weighted by Crippen LogP contribution is -2.49. The molecular formula is C22H23ClFNO3. The predicted molar refractivity (Wildman–Crippen MR) is 106 cm³/mol. The first-order valence-electron chi connectivity index (χ1n) is 9.41. The summed E-state index contributed by atoms with van der Waals surface area (Å²) in [5, 5.41) is 11.3. The zero-order chi connectivity index (χ0) is 20.1. The summed E-state index contributed by atoms with van der Waals surface area (Å²) in [5.74, 6) is -0.762. The van der Waals surface area contributed by atoms with Gasteiger partial charge in [0.25, 0.3) is 0 Å². The molecule has 4 nitrogen and oxygen atoms in total. The highest BCUT2D eigenvalue weighted by molar-refractivity contribution is 6.30. The zero-order valence-electron chi connectivity index (χ0n) is 15.5. The Morgan fingerprint density at radius 3 is 2.39 bits per heavy atom. The van der Waals surface area contributed by atoms with Gasteiger partial charge >= 0.3 is 0 Å². The monoisotopic (exact) mass is 403 g/mol. The Kier molecular flexibility index (Phi) is 6.60. The molecule has 1 N–H and O–H groups in total. The van der Waals surface area contributed by atoms with Gasteiger partial charge in [-0.3, -0.25) is 9.59 Å². The second kappa shape index (κ2) is 8.95. The van der Waals surface area contributed by atoms with Crippen molar-refractivity contribution in [3.05, 3.63) is 70.5 Å². The van der Waals surface area contributed by atoms with E-state index in [9.17, 15) is 19.1 Å². The minimum absolute atomic E-state index is 0.0778. The molecule has 1 aliphatic heterocycles. The van der Waals surface area contributed by atoms with Gasteiger partial charge in [0.05, 0.1) is 0 Å². The van der Waals surface area contributed by atoms with Crippen LogP contribution in [0.25, 0.3) is 0 Å².